The number of nitro groups is 2. The van der Waals surface area contributed by atoms with Gasteiger partial charge in [-0.3, -0.25) is 20.2 Å². The van der Waals surface area contributed by atoms with Crippen LogP contribution in [0.1, 0.15) is 0 Å². The molecule has 0 N–H and O–H groups in total. The molecule has 0 atom stereocenters. The topological polar surface area (TPSA) is 86.3 Å². The number of rotatable bonds is 4. The Morgan fingerprint density at radius 2 is 1.54 bits per heavy atom. The highest BCUT2D eigenvalue weighted by atomic mass is 19.2. The summed E-state index contributed by atoms with van der Waals surface area (Å²) in [5, 5.41) is 20.2. The maximum atomic E-state index is 13.1. The van der Waals surface area contributed by atoms with Crippen LogP contribution in [0.15, 0.2) is 0 Å². The molecule has 0 heterocycles. The molecule has 0 aromatic carbocycles. The second-order valence-corrected chi connectivity index (χ2v) is 3.68. The molecule has 0 radical (unpaired) electrons. The molecule has 0 aliphatic carbocycles. The van der Waals surface area contributed by atoms with Crippen molar-refractivity contribution in [1.82, 2.24) is 0 Å². The zero-order valence-electron chi connectivity index (χ0n) is 7.56. The van der Waals surface area contributed by atoms with Gasteiger partial charge in [0.2, 0.25) is 0 Å². The third-order valence-electron chi connectivity index (χ3n) is 1.24. The van der Waals surface area contributed by atoms with Gasteiger partial charge >= 0.3 is 5.92 Å². The standard InChI is InChI=1S/C5H11FN3O4/c1-9(2,3)4-5(6,7(10)11)8(12)13/h4H2,1-3H3/q+1. The first-order valence-electron chi connectivity index (χ1n) is 3.38. The molecule has 0 saturated carbocycles. The summed E-state index contributed by atoms with van der Waals surface area (Å²) in [4.78, 5) is 17.2. The van der Waals surface area contributed by atoms with Crippen molar-refractivity contribution < 1.29 is 18.7 Å². The summed E-state index contributed by atoms with van der Waals surface area (Å²) in [6.45, 7) is -0.812. The monoisotopic (exact) mass is 196 g/mol. The van der Waals surface area contributed by atoms with E-state index in [0.29, 0.717) is 0 Å². The van der Waals surface area contributed by atoms with E-state index in [1.54, 1.807) is 0 Å². The van der Waals surface area contributed by atoms with E-state index in [0.717, 1.165) is 0 Å². The van der Waals surface area contributed by atoms with Crippen LogP contribution in [-0.4, -0.2) is 47.9 Å². The van der Waals surface area contributed by atoms with Crippen molar-refractivity contribution in [2.45, 2.75) is 5.92 Å². The molecule has 0 aliphatic rings. The summed E-state index contributed by atoms with van der Waals surface area (Å²) in [5.74, 6) is -3.60. The highest BCUT2D eigenvalue weighted by Crippen LogP contribution is 2.16. The van der Waals surface area contributed by atoms with Gasteiger partial charge in [-0.15, -0.1) is 0 Å². The van der Waals surface area contributed by atoms with Crippen molar-refractivity contribution in [3.05, 3.63) is 20.2 Å². The minimum absolute atomic E-state index is 0.196. The Labute approximate surface area is 73.6 Å². The third-order valence-corrected chi connectivity index (χ3v) is 1.24. The largest absolute Gasteiger partial charge is 0.663 e. The van der Waals surface area contributed by atoms with E-state index in [2.05, 4.69) is 0 Å². The summed E-state index contributed by atoms with van der Waals surface area (Å²) in [6.07, 6.45) is 0. The first-order valence-corrected chi connectivity index (χ1v) is 3.38. The molecule has 0 fully saturated rings. The third kappa shape index (κ3) is 2.90. The van der Waals surface area contributed by atoms with Crippen LogP contribution in [0.4, 0.5) is 4.39 Å². The normalized spacial score (nSPS) is 12.6. The number of nitrogens with zero attached hydrogens (tertiary/aromatic N) is 3. The number of alkyl halides is 1. The molecular weight excluding hydrogens is 185 g/mol. The summed E-state index contributed by atoms with van der Waals surface area (Å²) in [5.41, 5.74) is 0. The molecular formula is C5H11FN3O4+. The van der Waals surface area contributed by atoms with Crippen molar-refractivity contribution in [3.8, 4) is 0 Å². The second-order valence-electron chi connectivity index (χ2n) is 3.68. The average Bonchev–Trinajstić information content (AvgIpc) is 1.82. The van der Waals surface area contributed by atoms with Crippen LogP contribution in [0.5, 0.6) is 0 Å². The van der Waals surface area contributed by atoms with Gasteiger partial charge < -0.3 is 4.48 Å². The van der Waals surface area contributed by atoms with E-state index in [9.17, 15) is 24.6 Å². The number of quaternary nitrogens is 1. The van der Waals surface area contributed by atoms with Crippen LogP contribution < -0.4 is 0 Å². The van der Waals surface area contributed by atoms with Crippen molar-refractivity contribution >= 4 is 0 Å². The van der Waals surface area contributed by atoms with E-state index >= 15 is 0 Å². The molecule has 0 aliphatic heterocycles. The average molecular weight is 196 g/mol. The fourth-order valence-corrected chi connectivity index (χ4v) is 0.786. The summed E-state index contributed by atoms with van der Waals surface area (Å²) in [7, 11) is 4.30. The molecule has 13 heavy (non-hydrogen) atoms. The summed E-state index contributed by atoms with van der Waals surface area (Å²) < 4.78 is 12.9. The zero-order chi connectivity index (χ0) is 10.9. The molecule has 0 spiro atoms. The van der Waals surface area contributed by atoms with E-state index in [1.807, 2.05) is 0 Å². The number of hydrogen-bond acceptors (Lipinski definition) is 4. The lowest BCUT2D eigenvalue weighted by molar-refractivity contribution is -0.944. The van der Waals surface area contributed by atoms with Gasteiger partial charge in [-0.25, -0.2) is 0 Å². The molecule has 0 unspecified atom stereocenters. The van der Waals surface area contributed by atoms with Gasteiger partial charge in [0.05, 0.1) is 21.1 Å². The highest BCUT2D eigenvalue weighted by molar-refractivity contribution is 4.49. The molecule has 0 bridgehead atoms. The van der Waals surface area contributed by atoms with E-state index in [4.69, 9.17) is 0 Å². The van der Waals surface area contributed by atoms with E-state index in [-0.39, 0.29) is 4.48 Å². The Bertz CT molecular complexity index is 222. The van der Waals surface area contributed by atoms with Crippen molar-refractivity contribution in [3.63, 3.8) is 0 Å². The van der Waals surface area contributed by atoms with Gasteiger partial charge in [0, 0.05) is 0 Å². The first-order chi connectivity index (χ1) is 5.59. The lowest BCUT2D eigenvalue weighted by atomic mass is 10.4. The zero-order valence-corrected chi connectivity index (χ0v) is 7.56. The molecule has 0 aromatic heterocycles. The van der Waals surface area contributed by atoms with E-state index in [1.165, 1.54) is 21.1 Å². The molecule has 0 amide bonds. The SMILES string of the molecule is C[N+](C)(C)CC(F)([N+](=O)[O-])[N+](=O)[O-]. The van der Waals surface area contributed by atoms with Crippen LogP contribution in [0.2, 0.25) is 0 Å². The van der Waals surface area contributed by atoms with Gasteiger partial charge in [-0.1, -0.05) is 4.39 Å². The minimum Gasteiger partial charge on any atom is -0.315 e. The molecule has 0 aromatic rings. The predicted molar refractivity (Wildman–Crippen MR) is 40.7 cm³/mol. The summed E-state index contributed by atoms with van der Waals surface area (Å²) in [6, 6.07) is 0. The Hall–Kier alpha value is -1.31. The quantitative estimate of drug-likeness (QED) is 0.206. The van der Waals surface area contributed by atoms with Crippen LogP contribution >= 0.6 is 0 Å². The Kier molecular flexibility index (Phi) is 2.88. The van der Waals surface area contributed by atoms with E-state index < -0.39 is 22.3 Å². The van der Waals surface area contributed by atoms with Crippen LogP contribution in [-0.2, 0) is 0 Å². The number of halogens is 1. The molecule has 7 nitrogen and oxygen atoms in total. The van der Waals surface area contributed by atoms with Crippen molar-refractivity contribution in [2.75, 3.05) is 27.7 Å². The summed E-state index contributed by atoms with van der Waals surface area (Å²) >= 11 is 0. The predicted octanol–water partition coefficient (Wildman–Crippen LogP) is -0.131. The van der Waals surface area contributed by atoms with Crippen LogP contribution in [0, 0.1) is 20.2 Å². The van der Waals surface area contributed by atoms with Gasteiger partial charge in [0.1, 0.15) is 9.85 Å². The maximum Gasteiger partial charge on any atom is 0.663 e. The Morgan fingerprint density at radius 1 is 1.23 bits per heavy atom. The van der Waals surface area contributed by atoms with Crippen LogP contribution in [0.3, 0.4) is 0 Å². The smallest absolute Gasteiger partial charge is 0.315 e. The van der Waals surface area contributed by atoms with Crippen LogP contribution in [0.25, 0.3) is 0 Å². The molecule has 76 valence electrons. The minimum atomic E-state index is -3.60. The van der Waals surface area contributed by atoms with Gasteiger partial charge in [-0.05, 0) is 0 Å². The molecule has 0 rings (SSSR count). The van der Waals surface area contributed by atoms with Gasteiger partial charge in [0.15, 0.2) is 0 Å². The Morgan fingerprint density at radius 3 is 1.62 bits per heavy atom. The Balaban J connectivity index is 4.84. The number of likely N-dealkylation sites (N-methyl/N-ethyl adjacent to an activating group) is 1. The second kappa shape index (κ2) is 3.21. The highest BCUT2D eigenvalue weighted by Gasteiger charge is 2.62. The van der Waals surface area contributed by atoms with Gasteiger partial charge in [0.25, 0.3) is 6.54 Å². The fourth-order valence-electron chi connectivity index (χ4n) is 0.786. The lowest BCUT2D eigenvalue weighted by Crippen LogP contribution is -2.55. The van der Waals surface area contributed by atoms with Crippen molar-refractivity contribution in [1.29, 1.82) is 0 Å². The number of hydrogen-bond donors (Lipinski definition) is 0. The van der Waals surface area contributed by atoms with Crippen molar-refractivity contribution in [2.24, 2.45) is 0 Å². The maximum absolute atomic E-state index is 13.1. The molecule has 8 heteroatoms. The van der Waals surface area contributed by atoms with Gasteiger partial charge in [-0.2, -0.15) is 0 Å². The first kappa shape index (κ1) is 11.7. The fraction of sp³-hybridized carbons (Fsp3) is 1.00. The molecule has 0 saturated heterocycles. The lowest BCUT2D eigenvalue weighted by Gasteiger charge is -2.23.